The van der Waals surface area contributed by atoms with Crippen molar-refractivity contribution in [2.24, 2.45) is 0 Å². The molecule has 0 aliphatic carbocycles. The van der Waals surface area contributed by atoms with Gasteiger partial charge in [-0.2, -0.15) is 0 Å². The normalized spacial score (nSPS) is 14.1. The van der Waals surface area contributed by atoms with Crippen LogP contribution in [0.15, 0.2) is 24.3 Å². The summed E-state index contributed by atoms with van der Waals surface area (Å²) in [5.41, 5.74) is 0. The van der Waals surface area contributed by atoms with E-state index in [2.05, 4.69) is 52.0 Å². The van der Waals surface area contributed by atoms with Gasteiger partial charge in [0.25, 0.3) is 0 Å². The SMILES string of the molecule is CCCCCC/C=C\C=C/CCCCCCCC(=O)OC[C@H](COP(=O)(O)OC[C@@H](O)COP(=O)(O)OC[C@@H](COC(=O)CCCCCCCCCCCC)OC(=O)CCCCCCCCCCCCC)OC(=O)CCCCCCCCCCCCCCCCCCCCC. The highest BCUT2D eigenvalue weighted by atomic mass is 31.2. The molecule has 0 aliphatic heterocycles. The van der Waals surface area contributed by atoms with Gasteiger partial charge in [0.05, 0.1) is 26.4 Å². The van der Waals surface area contributed by atoms with Crippen molar-refractivity contribution >= 4 is 39.5 Å². The van der Waals surface area contributed by atoms with E-state index in [0.29, 0.717) is 25.7 Å². The van der Waals surface area contributed by atoms with E-state index in [9.17, 15) is 43.2 Å². The van der Waals surface area contributed by atoms with E-state index in [0.717, 1.165) is 109 Å². The van der Waals surface area contributed by atoms with Crippen LogP contribution in [0.4, 0.5) is 0 Å². The molecule has 0 aromatic rings. The Bertz CT molecular complexity index is 1900. The molecule has 0 amide bonds. The van der Waals surface area contributed by atoms with Gasteiger partial charge in [-0.15, -0.1) is 0 Å². The first-order valence-corrected chi connectivity index (χ1v) is 42.1. The maximum Gasteiger partial charge on any atom is 0.472 e. The molecule has 0 aromatic carbocycles. The molecule has 0 fully saturated rings. The smallest absolute Gasteiger partial charge is 0.462 e. The molecule has 2 unspecified atom stereocenters. The zero-order valence-electron chi connectivity index (χ0n) is 61.1. The molecule has 95 heavy (non-hydrogen) atoms. The lowest BCUT2D eigenvalue weighted by Crippen LogP contribution is -2.30. The highest BCUT2D eigenvalue weighted by Gasteiger charge is 2.30. The Morgan fingerprint density at radius 2 is 0.505 bits per heavy atom. The van der Waals surface area contributed by atoms with E-state index in [1.165, 1.54) is 193 Å². The van der Waals surface area contributed by atoms with Crippen LogP contribution in [0, 0.1) is 0 Å². The Balaban J connectivity index is 5.25. The Kier molecular flexibility index (Phi) is 68.2. The second-order valence-electron chi connectivity index (χ2n) is 26.7. The molecule has 0 spiro atoms. The van der Waals surface area contributed by atoms with Crippen molar-refractivity contribution in [3.05, 3.63) is 24.3 Å². The molecule has 0 heterocycles. The van der Waals surface area contributed by atoms with Gasteiger partial charge < -0.3 is 33.8 Å². The lowest BCUT2D eigenvalue weighted by molar-refractivity contribution is -0.161. The van der Waals surface area contributed by atoms with Crippen molar-refractivity contribution < 1.29 is 80.2 Å². The molecule has 0 aliphatic rings. The third kappa shape index (κ3) is 69.8. The van der Waals surface area contributed by atoms with Crippen molar-refractivity contribution in [3.63, 3.8) is 0 Å². The largest absolute Gasteiger partial charge is 0.472 e. The quantitative estimate of drug-likeness (QED) is 0.0169. The predicted molar refractivity (Wildman–Crippen MR) is 386 cm³/mol. The maximum absolute atomic E-state index is 13.1. The van der Waals surface area contributed by atoms with Crippen LogP contribution >= 0.6 is 15.6 Å². The fraction of sp³-hybridized carbons (Fsp3) is 0.895. The number of carbonyl (C=O) groups is 4. The van der Waals surface area contributed by atoms with Crippen molar-refractivity contribution in [2.75, 3.05) is 39.6 Å². The van der Waals surface area contributed by atoms with E-state index < -0.39 is 97.5 Å². The van der Waals surface area contributed by atoms with E-state index in [4.69, 9.17) is 37.0 Å². The Hall–Kier alpha value is -2.46. The highest BCUT2D eigenvalue weighted by molar-refractivity contribution is 7.47. The number of ether oxygens (including phenoxy) is 4. The summed E-state index contributed by atoms with van der Waals surface area (Å²) in [7, 11) is -9.92. The van der Waals surface area contributed by atoms with Crippen LogP contribution in [0.3, 0.4) is 0 Å². The lowest BCUT2D eigenvalue weighted by Gasteiger charge is -2.21. The first-order chi connectivity index (χ1) is 46.2. The number of esters is 4. The van der Waals surface area contributed by atoms with Crippen LogP contribution in [0.25, 0.3) is 0 Å². The molecule has 0 bridgehead atoms. The number of phosphoric acid groups is 2. The van der Waals surface area contributed by atoms with Gasteiger partial charge in [-0.1, -0.05) is 328 Å². The van der Waals surface area contributed by atoms with Gasteiger partial charge in [-0.3, -0.25) is 37.3 Å². The van der Waals surface area contributed by atoms with Crippen molar-refractivity contribution in [3.8, 4) is 0 Å². The monoisotopic (exact) mass is 1390 g/mol. The summed E-state index contributed by atoms with van der Waals surface area (Å²) < 4.78 is 68.4. The van der Waals surface area contributed by atoms with Crippen LogP contribution in [-0.4, -0.2) is 96.7 Å². The average molecular weight is 1390 g/mol. The Labute approximate surface area is 580 Å². The van der Waals surface area contributed by atoms with E-state index in [-0.39, 0.29) is 25.7 Å². The summed E-state index contributed by atoms with van der Waals surface area (Å²) >= 11 is 0. The number of rotatable bonds is 75. The zero-order chi connectivity index (χ0) is 69.7. The zero-order valence-corrected chi connectivity index (χ0v) is 62.9. The van der Waals surface area contributed by atoms with Crippen molar-refractivity contribution in [1.29, 1.82) is 0 Å². The third-order valence-electron chi connectivity index (χ3n) is 17.2. The molecule has 5 atom stereocenters. The maximum atomic E-state index is 13.1. The summed E-state index contributed by atoms with van der Waals surface area (Å²) in [6, 6.07) is 0. The van der Waals surface area contributed by atoms with Crippen LogP contribution in [0.5, 0.6) is 0 Å². The number of hydrogen-bond acceptors (Lipinski definition) is 15. The van der Waals surface area contributed by atoms with Crippen LogP contribution in [0.2, 0.25) is 0 Å². The fourth-order valence-electron chi connectivity index (χ4n) is 11.2. The van der Waals surface area contributed by atoms with E-state index in [1.807, 2.05) is 0 Å². The van der Waals surface area contributed by atoms with Crippen LogP contribution in [0.1, 0.15) is 381 Å². The molecular formula is C76H144O17P2. The fourth-order valence-corrected chi connectivity index (χ4v) is 12.8. The summed E-state index contributed by atoms with van der Waals surface area (Å²) in [5.74, 6) is -2.14. The van der Waals surface area contributed by atoms with E-state index in [1.54, 1.807) is 0 Å². The minimum Gasteiger partial charge on any atom is -0.462 e. The molecule has 0 aromatic heterocycles. The minimum atomic E-state index is -4.96. The van der Waals surface area contributed by atoms with Gasteiger partial charge >= 0.3 is 39.5 Å². The van der Waals surface area contributed by atoms with Crippen molar-refractivity contribution in [2.45, 2.75) is 399 Å². The highest BCUT2D eigenvalue weighted by Crippen LogP contribution is 2.45. The second-order valence-corrected chi connectivity index (χ2v) is 29.6. The Morgan fingerprint density at radius 3 is 0.768 bits per heavy atom. The first-order valence-electron chi connectivity index (χ1n) is 39.1. The number of phosphoric ester groups is 2. The van der Waals surface area contributed by atoms with Gasteiger partial charge in [-0.05, 0) is 51.4 Å². The van der Waals surface area contributed by atoms with Gasteiger partial charge in [0.2, 0.25) is 0 Å². The third-order valence-corrected chi connectivity index (χ3v) is 19.1. The van der Waals surface area contributed by atoms with Gasteiger partial charge in [0.1, 0.15) is 19.3 Å². The predicted octanol–water partition coefficient (Wildman–Crippen LogP) is 22.2. The topological polar surface area (TPSA) is 237 Å². The molecule has 0 rings (SSSR count). The molecule has 0 radical (unpaired) electrons. The van der Waals surface area contributed by atoms with E-state index >= 15 is 0 Å². The molecule has 19 heteroatoms. The van der Waals surface area contributed by atoms with Crippen LogP contribution < -0.4 is 0 Å². The lowest BCUT2D eigenvalue weighted by atomic mass is 10.0. The molecule has 560 valence electrons. The molecular weight excluding hydrogens is 1250 g/mol. The van der Waals surface area contributed by atoms with Gasteiger partial charge in [0, 0.05) is 25.7 Å². The van der Waals surface area contributed by atoms with Gasteiger partial charge in [-0.25, -0.2) is 9.13 Å². The molecule has 17 nitrogen and oxygen atoms in total. The molecule has 0 saturated heterocycles. The number of allylic oxidation sites excluding steroid dienone is 4. The summed E-state index contributed by atoms with van der Waals surface area (Å²) in [5, 5.41) is 10.6. The average Bonchev–Trinajstić information content (AvgIpc) is 3.41. The summed E-state index contributed by atoms with van der Waals surface area (Å²) in [4.78, 5) is 72.7. The van der Waals surface area contributed by atoms with Crippen molar-refractivity contribution in [1.82, 2.24) is 0 Å². The number of unbranched alkanes of at least 4 members (excludes halogenated alkanes) is 46. The number of aliphatic hydroxyl groups is 1. The summed E-state index contributed by atoms with van der Waals surface area (Å²) in [6.07, 6.45) is 63.2. The van der Waals surface area contributed by atoms with Crippen LogP contribution in [-0.2, 0) is 65.4 Å². The number of aliphatic hydroxyl groups excluding tert-OH is 1. The standard InChI is InChI=1S/C76H144O17P2/c1-5-9-13-17-21-25-29-31-33-34-35-36-38-40-43-47-51-55-59-63-76(81)93-72(67-87-74(79)61-57-53-49-45-42-39-37-32-30-26-22-18-14-10-6-2)69-91-95(84,85)89-65-70(77)64-88-94(82,83)90-68-71(66-86-73(78)60-56-52-48-44-28-24-20-16-12-8-4)92-75(80)62-58-54-50-46-41-27-23-19-15-11-7-3/h26,30,32,37,70-72,77H,5-25,27-29,31,33-36,38-69H2,1-4H3,(H,82,83)(H,84,85)/b30-26-,37-32-/t70-,71+,72+/m0/s1. The molecule has 3 N–H and O–H groups in total. The van der Waals surface area contributed by atoms with Gasteiger partial charge in [0.15, 0.2) is 12.2 Å². The first kappa shape index (κ1) is 92.5. The number of carbonyl (C=O) groups excluding carboxylic acids is 4. The Morgan fingerprint density at radius 1 is 0.295 bits per heavy atom. The molecule has 0 saturated carbocycles. The summed E-state index contributed by atoms with van der Waals surface area (Å²) in [6.45, 7) is 4.91. The minimum absolute atomic E-state index is 0.102. The second kappa shape index (κ2) is 70.0. The number of hydrogen-bond donors (Lipinski definition) is 3.